The van der Waals surface area contributed by atoms with E-state index in [1.807, 2.05) is 13.8 Å². The van der Waals surface area contributed by atoms with Gasteiger partial charge >= 0.3 is 5.69 Å². The molecule has 4 heteroatoms. The Hall–Kier alpha value is -1.71. The molecule has 0 unspecified atom stereocenters. The molecule has 0 N–H and O–H groups in total. The van der Waals surface area contributed by atoms with Gasteiger partial charge in [-0.15, -0.1) is 0 Å². The number of rotatable bonds is 0. The summed E-state index contributed by atoms with van der Waals surface area (Å²) < 4.78 is 1.46. The van der Waals surface area contributed by atoms with Crippen LogP contribution in [0, 0.1) is 20.8 Å². The lowest BCUT2D eigenvalue weighted by molar-refractivity contribution is 0.893. The zero-order valence-corrected chi connectivity index (χ0v) is 8.46. The molecule has 0 saturated carbocycles. The van der Waals surface area contributed by atoms with Crippen LogP contribution in [0.15, 0.2) is 4.79 Å². The molecular formula is C10H11N3O. The summed E-state index contributed by atoms with van der Waals surface area (Å²) in [5.74, 6) is 0.503. The summed E-state index contributed by atoms with van der Waals surface area (Å²) in [6.07, 6.45) is 0. The fourth-order valence-electron chi connectivity index (χ4n) is 1.55. The lowest BCUT2D eigenvalue weighted by Crippen LogP contribution is -2.27. The smallest absolute Gasteiger partial charge is 0.245 e. The minimum absolute atomic E-state index is 0.297. The summed E-state index contributed by atoms with van der Waals surface area (Å²) in [4.78, 5) is 19.6. The molecule has 0 fully saturated rings. The molecule has 72 valence electrons. The normalized spacial score (nSPS) is 11.1. The number of fused-ring (bicyclic) bond motifs is 1. The van der Waals surface area contributed by atoms with E-state index in [1.54, 1.807) is 6.92 Å². The maximum Gasteiger partial charge on any atom is 0.355 e. The Labute approximate surface area is 80.9 Å². The summed E-state index contributed by atoms with van der Waals surface area (Å²) in [5, 5.41) is 0.683. The van der Waals surface area contributed by atoms with E-state index in [2.05, 4.69) is 16.5 Å². The lowest BCUT2D eigenvalue weighted by atomic mass is 10.2. The SMILES string of the molecule is C=c1c(C)c(C)c2nc(C)nc(=O)n12. The molecule has 0 radical (unpaired) electrons. The molecule has 0 amide bonds. The van der Waals surface area contributed by atoms with Gasteiger partial charge in [0.25, 0.3) is 0 Å². The molecular weight excluding hydrogens is 178 g/mol. The van der Waals surface area contributed by atoms with E-state index >= 15 is 0 Å². The van der Waals surface area contributed by atoms with E-state index in [-0.39, 0.29) is 5.69 Å². The number of hydrogen-bond acceptors (Lipinski definition) is 3. The van der Waals surface area contributed by atoms with E-state index in [0.717, 1.165) is 11.1 Å². The summed E-state index contributed by atoms with van der Waals surface area (Å²) in [6, 6.07) is 0. The van der Waals surface area contributed by atoms with Crippen LogP contribution >= 0.6 is 0 Å². The first-order valence-electron chi connectivity index (χ1n) is 4.37. The van der Waals surface area contributed by atoms with Crippen molar-refractivity contribution in [2.75, 3.05) is 0 Å². The highest BCUT2D eigenvalue weighted by atomic mass is 16.1. The predicted octanol–water partition coefficient (Wildman–Crippen LogP) is 0.144. The van der Waals surface area contributed by atoms with E-state index in [1.165, 1.54) is 4.40 Å². The van der Waals surface area contributed by atoms with Crippen LogP contribution in [0.5, 0.6) is 0 Å². The fraction of sp³-hybridized carbons (Fsp3) is 0.300. The van der Waals surface area contributed by atoms with Gasteiger partial charge < -0.3 is 0 Å². The third-order valence-electron chi connectivity index (χ3n) is 2.53. The topological polar surface area (TPSA) is 47.3 Å². The van der Waals surface area contributed by atoms with Crippen LogP contribution < -0.4 is 11.0 Å². The van der Waals surface area contributed by atoms with Crippen molar-refractivity contribution in [3.8, 4) is 0 Å². The lowest BCUT2D eigenvalue weighted by Gasteiger charge is -1.94. The van der Waals surface area contributed by atoms with Crippen LogP contribution in [0.25, 0.3) is 12.2 Å². The van der Waals surface area contributed by atoms with Gasteiger partial charge in [0.1, 0.15) is 11.5 Å². The Balaban J connectivity index is 3.19. The minimum atomic E-state index is -0.297. The molecule has 0 spiro atoms. The predicted molar refractivity (Wildman–Crippen MR) is 54.2 cm³/mol. The molecule has 0 aliphatic carbocycles. The quantitative estimate of drug-likeness (QED) is 0.592. The van der Waals surface area contributed by atoms with Gasteiger partial charge in [-0.05, 0) is 31.9 Å². The van der Waals surface area contributed by atoms with E-state index in [9.17, 15) is 4.79 Å². The Morgan fingerprint density at radius 3 is 2.43 bits per heavy atom. The van der Waals surface area contributed by atoms with Crippen molar-refractivity contribution >= 4 is 12.2 Å². The van der Waals surface area contributed by atoms with Crippen LogP contribution in [-0.4, -0.2) is 14.4 Å². The first-order valence-corrected chi connectivity index (χ1v) is 4.37. The van der Waals surface area contributed by atoms with Crippen molar-refractivity contribution in [2.45, 2.75) is 20.8 Å². The first-order chi connectivity index (χ1) is 6.52. The molecule has 2 heterocycles. The molecule has 0 aliphatic rings. The highest BCUT2D eigenvalue weighted by molar-refractivity contribution is 5.52. The summed E-state index contributed by atoms with van der Waals surface area (Å²) >= 11 is 0. The molecule has 0 saturated heterocycles. The van der Waals surface area contributed by atoms with E-state index in [0.29, 0.717) is 16.8 Å². The highest BCUT2D eigenvalue weighted by Gasteiger charge is 2.09. The fourth-order valence-corrected chi connectivity index (χ4v) is 1.55. The summed E-state index contributed by atoms with van der Waals surface area (Å²) in [5.41, 5.74) is 2.37. The van der Waals surface area contributed by atoms with Crippen LogP contribution in [0.3, 0.4) is 0 Å². The van der Waals surface area contributed by atoms with Crippen molar-refractivity contribution in [2.24, 2.45) is 0 Å². The molecule has 4 nitrogen and oxygen atoms in total. The van der Waals surface area contributed by atoms with Gasteiger partial charge in [-0.2, -0.15) is 4.98 Å². The van der Waals surface area contributed by atoms with Crippen LogP contribution in [0.1, 0.15) is 17.0 Å². The number of hydrogen-bond donors (Lipinski definition) is 0. The average Bonchev–Trinajstić information content (AvgIpc) is 2.31. The molecule has 2 rings (SSSR count). The minimum Gasteiger partial charge on any atom is -0.245 e. The van der Waals surface area contributed by atoms with Crippen molar-refractivity contribution in [1.82, 2.24) is 14.4 Å². The molecule has 0 bridgehead atoms. The van der Waals surface area contributed by atoms with Crippen molar-refractivity contribution in [3.05, 3.63) is 32.8 Å². The van der Waals surface area contributed by atoms with Crippen LogP contribution in [0.2, 0.25) is 0 Å². The summed E-state index contributed by atoms with van der Waals surface area (Å²) in [7, 11) is 0. The van der Waals surface area contributed by atoms with Gasteiger partial charge in [0, 0.05) is 5.35 Å². The first kappa shape index (κ1) is 8.87. The third-order valence-corrected chi connectivity index (χ3v) is 2.53. The number of aromatic nitrogens is 3. The largest absolute Gasteiger partial charge is 0.355 e. The van der Waals surface area contributed by atoms with Gasteiger partial charge in [0.2, 0.25) is 0 Å². The molecule has 2 aromatic heterocycles. The molecule has 2 aromatic rings. The Morgan fingerprint density at radius 2 is 1.79 bits per heavy atom. The van der Waals surface area contributed by atoms with Gasteiger partial charge in [-0.1, -0.05) is 6.58 Å². The standard InChI is InChI=1S/C10H11N3O/c1-5-6(2)9-11-8(4)12-10(14)13(9)7(5)3/h3H2,1-2,4H3. The maximum atomic E-state index is 11.6. The number of aryl methyl sites for hydroxylation is 2. The van der Waals surface area contributed by atoms with Gasteiger partial charge in [0.05, 0.1) is 0 Å². The van der Waals surface area contributed by atoms with Crippen molar-refractivity contribution in [1.29, 1.82) is 0 Å². The Kier molecular flexibility index (Phi) is 1.67. The zero-order chi connectivity index (χ0) is 10.5. The zero-order valence-electron chi connectivity index (χ0n) is 8.46. The number of nitrogens with zero attached hydrogens (tertiary/aromatic N) is 3. The van der Waals surface area contributed by atoms with Crippen LogP contribution in [0.4, 0.5) is 0 Å². The third kappa shape index (κ3) is 0.968. The molecule has 0 atom stereocenters. The van der Waals surface area contributed by atoms with Gasteiger partial charge in [-0.3, -0.25) is 0 Å². The molecule has 0 aliphatic heterocycles. The second-order valence-corrected chi connectivity index (χ2v) is 3.41. The van der Waals surface area contributed by atoms with Crippen molar-refractivity contribution < 1.29 is 0 Å². The van der Waals surface area contributed by atoms with E-state index in [4.69, 9.17) is 0 Å². The summed E-state index contributed by atoms with van der Waals surface area (Å²) in [6.45, 7) is 9.42. The second kappa shape index (κ2) is 2.64. The molecule has 0 aromatic carbocycles. The van der Waals surface area contributed by atoms with Gasteiger partial charge in [0.15, 0.2) is 0 Å². The van der Waals surface area contributed by atoms with E-state index < -0.39 is 0 Å². The average molecular weight is 189 g/mol. The molecule has 14 heavy (non-hydrogen) atoms. The van der Waals surface area contributed by atoms with Crippen LogP contribution in [-0.2, 0) is 0 Å². The Bertz CT molecular complexity index is 613. The Morgan fingerprint density at radius 1 is 1.14 bits per heavy atom. The second-order valence-electron chi connectivity index (χ2n) is 3.41. The highest BCUT2D eigenvalue weighted by Crippen LogP contribution is 2.07. The van der Waals surface area contributed by atoms with Crippen molar-refractivity contribution in [3.63, 3.8) is 0 Å². The monoisotopic (exact) mass is 189 g/mol. The maximum absolute atomic E-state index is 11.6. The van der Waals surface area contributed by atoms with Gasteiger partial charge in [-0.25, -0.2) is 14.2 Å².